The Morgan fingerprint density at radius 2 is 1.88 bits per heavy atom. The highest BCUT2D eigenvalue weighted by Crippen LogP contribution is 2.26. The normalized spacial score (nSPS) is 21.3. The number of nitrogens with zero attached hydrogens (tertiary/aromatic N) is 1. The molecule has 0 N–H and O–H groups in total. The molecule has 1 aromatic carbocycles. The zero-order valence-corrected chi connectivity index (χ0v) is 15.5. The molecule has 1 heterocycles. The lowest BCUT2D eigenvalue weighted by Crippen LogP contribution is -2.42. The molecule has 1 atom stereocenters. The van der Waals surface area contributed by atoms with Crippen molar-refractivity contribution in [1.82, 2.24) is 4.90 Å². The molecule has 3 heteroatoms. The molecule has 1 aliphatic heterocycles. The number of likely N-dealkylation sites (tertiary alicyclic amines) is 1. The van der Waals surface area contributed by atoms with Gasteiger partial charge in [-0.3, -0.25) is 4.79 Å². The minimum Gasteiger partial charge on any atom is -0.494 e. The molecule has 2 aliphatic rings. The Kier molecular flexibility index (Phi) is 6.55. The molecule has 0 radical (unpaired) electrons. The Morgan fingerprint density at radius 3 is 2.52 bits per heavy atom. The van der Waals surface area contributed by atoms with Gasteiger partial charge in [-0.1, -0.05) is 24.3 Å². The molecule has 1 unspecified atom stereocenters. The van der Waals surface area contributed by atoms with Crippen LogP contribution in [0, 0.1) is 11.8 Å². The van der Waals surface area contributed by atoms with Crippen LogP contribution in [-0.4, -0.2) is 30.5 Å². The first kappa shape index (κ1) is 18.0. The SMILES string of the molecule is CCOc1ccc(CCC2CCN(C(=O)C3CC=CCC3)CC2)cc1. The van der Waals surface area contributed by atoms with Crippen molar-refractivity contribution < 1.29 is 9.53 Å². The van der Waals surface area contributed by atoms with Gasteiger partial charge in [0.25, 0.3) is 0 Å². The molecule has 1 fully saturated rings. The van der Waals surface area contributed by atoms with E-state index in [0.717, 1.165) is 63.3 Å². The Balaban J connectivity index is 1.40. The number of aryl methyl sites for hydroxylation is 1. The molecule has 1 amide bonds. The van der Waals surface area contributed by atoms with Crippen molar-refractivity contribution in [1.29, 1.82) is 0 Å². The van der Waals surface area contributed by atoms with E-state index in [1.165, 1.54) is 12.0 Å². The molecule has 0 spiro atoms. The Hall–Kier alpha value is -1.77. The van der Waals surface area contributed by atoms with E-state index >= 15 is 0 Å². The van der Waals surface area contributed by atoms with Gasteiger partial charge in [0.15, 0.2) is 0 Å². The fraction of sp³-hybridized carbons (Fsp3) is 0.591. The number of amides is 1. The van der Waals surface area contributed by atoms with E-state index in [0.29, 0.717) is 12.5 Å². The van der Waals surface area contributed by atoms with E-state index in [9.17, 15) is 4.79 Å². The van der Waals surface area contributed by atoms with Crippen LogP contribution in [0.3, 0.4) is 0 Å². The van der Waals surface area contributed by atoms with Crippen molar-refractivity contribution in [3.05, 3.63) is 42.0 Å². The zero-order valence-electron chi connectivity index (χ0n) is 15.5. The smallest absolute Gasteiger partial charge is 0.226 e. The number of piperidine rings is 1. The van der Waals surface area contributed by atoms with Gasteiger partial charge in [-0.15, -0.1) is 0 Å². The quantitative estimate of drug-likeness (QED) is 0.707. The molecule has 1 aromatic rings. The zero-order chi connectivity index (χ0) is 17.5. The van der Waals surface area contributed by atoms with E-state index in [1.54, 1.807) is 0 Å². The molecule has 0 bridgehead atoms. The number of rotatable bonds is 6. The van der Waals surface area contributed by atoms with E-state index in [4.69, 9.17) is 4.74 Å². The molecule has 0 aromatic heterocycles. The summed E-state index contributed by atoms with van der Waals surface area (Å²) in [5, 5.41) is 0. The van der Waals surface area contributed by atoms with Crippen LogP contribution < -0.4 is 4.74 Å². The number of ether oxygens (including phenoxy) is 1. The second-order valence-corrected chi connectivity index (χ2v) is 7.37. The number of benzene rings is 1. The average molecular weight is 341 g/mol. The minimum atomic E-state index is 0.241. The van der Waals surface area contributed by atoms with Crippen LogP contribution in [0.4, 0.5) is 0 Å². The molecular weight excluding hydrogens is 310 g/mol. The lowest BCUT2D eigenvalue weighted by Gasteiger charge is -2.34. The summed E-state index contributed by atoms with van der Waals surface area (Å²) in [5.74, 6) is 2.34. The van der Waals surface area contributed by atoms with Crippen LogP contribution in [0.2, 0.25) is 0 Å². The fourth-order valence-corrected chi connectivity index (χ4v) is 4.01. The summed E-state index contributed by atoms with van der Waals surface area (Å²) in [5.41, 5.74) is 1.39. The van der Waals surface area contributed by atoms with Gasteiger partial charge in [0.1, 0.15) is 5.75 Å². The van der Waals surface area contributed by atoms with Gasteiger partial charge in [-0.25, -0.2) is 0 Å². The summed E-state index contributed by atoms with van der Waals surface area (Å²) in [6, 6.07) is 8.50. The number of carbonyl (C=O) groups excluding carboxylic acids is 1. The van der Waals surface area contributed by atoms with Crippen LogP contribution in [0.5, 0.6) is 5.75 Å². The largest absolute Gasteiger partial charge is 0.494 e. The highest BCUT2D eigenvalue weighted by Gasteiger charge is 2.27. The van der Waals surface area contributed by atoms with Crippen LogP contribution in [0.25, 0.3) is 0 Å². The van der Waals surface area contributed by atoms with Crippen LogP contribution in [-0.2, 0) is 11.2 Å². The third-order valence-corrected chi connectivity index (χ3v) is 5.62. The van der Waals surface area contributed by atoms with Gasteiger partial charge >= 0.3 is 0 Å². The van der Waals surface area contributed by atoms with Gasteiger partial charge in [-0.2, -0.15) is 0 Å². The third-order valence-electron chi connectivity index (χ3n) is 5.62. The second kappa shape index (κ2) is 9.07. The van der Waals surface area contributed by atoms with Crippen LogP contribution in [0.1, 0.15) is 51.0 Å². The van der Waals surface area contributed by atoms with Gasteiger partial charge in [0.05, 0.1) is 6.61 Å². The van der Waals surface area contributed by atoms with Gasteiger partial charge in [0.2, 0.25) is 5.91 Å². The third kappa shape index (κ3) is 5.10. The first-order chi connectivity index (χ1) is 12.3. The highest BCUT2D eigenvalue weighted by atomic mass is 16.5. The predicted octanol–water partition coefficient (Wildman–Crippen LogP) is 4.61. The first-order valence-corrected chi connectivity index (χ1v) is 9.91. The van der Waals surface area contributed by atoms with Crippen molar-refractivity contribution in [2.75, 3.05) is 19.7 Å². The number of hydrogen-bond donors (Lipinski definition) is 0. The Labute approximate surface area is 152 Å². The summed E-state index contributed by atoms with van der Waals surface area (Å²) in [4.78, 5) is 14.7. The number of carbonyl (C=O) groups is 1. The lowest BCUT2D eigenvalue weighted by atomic mass is 9.88. The molecule has 1 aliphatic carbocycles. The summed E-state index contributed by atoms with van der Waals surface area (Å²) in [6.07, 6.45) is 12.1. The first-order valence-electron chi connectivity index (χ1n) is 9.91. The summed E-state index contributed by atoms with van der Waals surface area (Å²) in [7, 11) is 0. The van der Waals surface area contributed by atoms with E-state index in [1.807, 2.05) is 6.92 Å². The molecule has 1 saturated heterocycles. The van der Waals surface area contributed by atoms with Crippen molar-refractivity contribution in [3.8, 4) is 5.75 Å². The summed E-state index contributed by atoms with van der Waals surface area (Å²) in [6.45, 7) is 4.63. The second-order valence-electron chi connectivity index (χ2n) is 7.37. The van der Waals surface area contributed by atoms with Gasteiger partial charge in [0, 0.05) is 19.0 Å². The standard InChI is InChI=1S/C22H31NO2/c1-2-25-21-12-10-18(11-13-21)8-9-19-14-16-23(17-15-19)22(24)20-6-4-3-5-7-20/h3-4,10-13,19-20H,2,5-9,14-17H2,1H3. The van der Waals surface area contributed by atoms with Crippen LogP contribution >= 0.6 is 0 Å². The summed E-state index contributed by atoms with van der Waals surface area (Å²) < 4.78 is 5.50. The van der Waals surface area contributed by atoms with Crippen molar-refractivity contribution in [2.45, 2.75) is 51.9 Å². The average Bonchev–Trinajstić information content (AvgIpc) is 2.68. The fourth-order valence-electron chi connectivity index (χ4n) is 4.01. The molecule has 3 rings (SSSR count). The predicted molar refractivity (Wildman–Crippen MR) is 102 cm³/mol. The van der Waals surface area contributed by atoms with E-state index in [-0.39, 0.29) is 5.92 Å². The molecule has 0 saturated carbocycles. The van der Waals surface area contributed by atoms with E-state index in [2.05, 4.69) is 41.3 Å². The van der Waals surface area contributed by atoms with Crippen molar-refractivity contribution in [2.24, 2.45) is 11.8 Å². The molecule has 136 valence electrons. The maximum Gasteiger partial charge on any atom is 0.226 e. The topological polar surface area (TPSA) is 29.5 Å². The number of allylic oxidation sites excluding steroid dienone is 2. The number of hydrogen-bond acceptors (Lipinski definition) is 2. The molecule has 25 heavy (non-hydrogen) atoms. The Bertz CT molecular complexity index is 570. The highest BCUT2D eigenvalue weighted by molar-refractivity contribution is 5.79. The minimum absolute atomic E-state index is 0.241. The van der Waals surface area contributed by atoms with Crippen molar-refractivity contribution >= 4 is 5.91 Å². The maximum atomic E-state index is 12.6. The van der Waals surface area contributed by atoms with Crippen molar-refractivity contribution in [3.63, 3.8) is 0 Å². The van der Waals surface area contributed by atoms with E-state index < -0.39 is 0 Å². The molecular formula is C22H31NO2. The molecule has 3 nitrogen and oxygen atoms in total. The van der Waals surface area contributed by atoms with Gasteiger partial charge < -0.3 is 9.64 Å². The summed E-state index contributed by atoms with van der Waals surface area (Å²) >= 11 is 0. The lowest BCUT2D eigenvalue weighted by molar-refractivity contribution is -0.137. The monoisotopic (exact) mass is 341 g/mol. The van der Waals surface area contributed by atoms with Crippen LogP contribution in [0.15, 0.2) is 36.4 Å². The Morgan fingerprint density at radius 1 is 1.12 bits per heavy atom. The maximum absolute atomic E-state index is 12.6. The van der Waals surface area contributed by atoms with Gasteiger partial charge in [-0.05, 0) is 75.5 Å².